The molecule has 1 amide bonds. The predicted octanol–water partition coefficient (Wildman–Crippen LogP) is 3.02. The molecule has 0 radical (unpaired) electrons. The molecular weight excluding hydrogens is 209 g/mol. The van der Waals surface area contributed by atoms with Crippen molar-refractivity contribution >= 4 is 11.7 Å². The summed E-state index contributed by atoms with van der Waals surface area (Å²) < 4.78 is 18.3. The molecule has 0 bridgehead atoms. The standard InChI is InChI=1S/C12H14FNO2/c1-7(2)9-4-5-10(11(13)6-9)8(3)16-12(14)15/h4-6,8H,1H2,2-3H3,(H2,14,15). The molecule has 0 fully saturated rings. The maximum absolute atomic E-state index is 13.6. The van der Waals surface area contributed by atoms with Crippen molar-refractivity contribution in [3.63, 3.8) is 0 Å². The van der Waals surface area contributed by atoms with Gasteiger partial charge in [-0.3, -0.25) is 0 Å². The number of rotatable bonds is 3. The Morgan fingerprint density at radius 3 is 2.62 bits per heavy atom. The number of halogens is 1. The molecule has 1 unspecified atom stereocenters. The molecule has 0 aliphatic carbocycles. The number of allylic oxidation sites excluding steroid dienone is 1. The lowest BCUT2D eigenvalue weighted by Crippen LogP contribution is -2.16. The van der Waals surface area contributed by atoms with Crippen LogP contribution in [0.5, 0.6) is 0 Å². The average Bonchev–Trinajstić information content (AvgIpc) is 2.15. The number of amides is 1. The van der Waals surface area contributed by atoms with Crippen LogP contribution in [0.2, 0.25) is 0 Å². The Bertz CT molecular complexity index is 429. The van der Waals surface area contributed by atoms with Crippen LogP contribution in [0.4, 0.5) is 9.18 Å². The minimum Gasteiger partial charge on any atom is -0.442 e. The Morgan fingerprint density at radius 1 is 1.56 bits per heavy atom. The molecule has 1 rings (SSSR count). The van der Waals surface area contributed by atoms with Crippen molar-refractivity contribution in [1.82, 2.24) is 0 Å². The van der Waals surface area contributed by atoms with Crippen LogP contribution in [0.1, 0.15) is 31.1 Å². The second-order valence-corrected chi connectivity index (χ2v) is 3.60. The normalized spacial score (nSPS) is 11.9. The number of carbonyl (C=O) groups is 1. The van der Waals surface area contributed by atoms with E-state index in [1.165, 1.54) is 6.07 Å². The molecule has 0 saturated carbocycles. The molecule has 2 N–H and O–H groups in total. The number of hydrogen-bond donors (Lipinski definition) is 1. The van der Waals surface area contributed by atoms with Crippen molar-refractivity contribution in [2.45, 2.75) is 20.0 Å². The third kappa shape index (κ3) is 2.82. The van der Waals surface area contributed by atoms with Crippen LogP contribution in [0.25, 0.3) is 5.57 Å². The van der Waals surface area contributed by atoms with Crippen LogP contribution in [-0.2, 0) is 4.74 Å². The molecule has 0 spiro atoms. The molecule has 4 heteroatoms. The molecule has 1 atom stereocenters. The Hall–Kier alpha value is -1.84. The van der Waals surface area contributed by atoms with E-state index in [0.29, 0.717) is 11.1 Å². The van der Waals surface area contributed by atoms with Crippen molar-refractivity contribution in [2.75, 3.05) is 0 Å². The summed E-state index contributed by atoms with van der Waals surface area (Å²) in [6.45, 7) is 7.07. The number of ether oxygens (including phenoxy) is 1. The van der Waals surface area contributed by atoms with Gasteiger partial charge in [0.05, 0.1) is 0 Å². The minimum atomic E-state index is -0.920. The van der Waals surface area contributed by atoms with Crippen molar-refractivity contribution in [2.24, 2.45) is 5.73 Å². The highest BCUT2D eigenvalue weighted by atomic mass is 19.1. The monoisotopic (exact) mass is 223 g/mol. The van der Waals surface area contributed by atoms with Crippen LogP contribution < -0.4 is 5.73 Å². The van der Waals surface area contributed by atoms with Gasteiger partial charge in [0.25, 0.3) is 0 Å². The quantitative estimate of drug-likeness (QED) is 0.856. The van der Waals surface area contributed by atoms with Gasteiger partial charge >= 0.3 is 6.09 Å². The van der Waals surface area contributed by atoms with E-state index >= 15 is 0 Å². The van der Waals surface area contributed by atoms with Crippen molar-refractivity contribution < 1.29 is 13.9 Å². The van der Waals surface area contributed by atoms with Crippen LogP contribution in [0.3, 0.4) is 0 Å². The summed E-state index contributed by atoms with van der Waals surface area (Å²) in [5.41, 5.74) is 6.64. The van der Waals surface area contributed by atoms with E-state index in [4.69, 9.17) is 10.5 Å². The summed E-state index contributed by atoms with van der Waals surface area (Å²) in [7, 11) is 0. The van der Waals surface area contributed by atoms with E-state index in [-0.39, 0.29) is 0 Å². The molecule has 0 aromatic heterocycles. The number of hydrogen-bond acceptors (Lipinski definition) is 2. The second-order valence-electron chi connectivity index (χ2n) is 3.60. The summed E-state index contributed by atoms with van der Waals surface area (Å²) in [6.07, 6.45) is -1.62. The molecular formula is C12H14FNO2. The first-order chi connectivity index (χ1) is 7.41. The lowest BCUT2D eigenvalue weighted by Gasteiger charge is -2.13. The average molecular weight is 223 g/mol. The number of benzene rings is 1. The van der Waals surface area contributed by atoms with Gasteiger partial charge in [-0.05, 0) is 25.5 Å². The van der Waals surface area contributed by atoms with Crippen molar-refractivity contribution in [3.05, 3.63) is 41.7 Å². The molecule has 0 aliphatic rings. The minimum absolute atomic E-state index is 0.295. The molecule has 0 heterocycles. The number of nitrogens with two attached hydrogens (primary N) is 1. The first-order valence-corrected chi connectivity index (χ1v) is 4.83. The summed E-state index contributed by atoms with van der Waals surface area (Å²) in [5.74, 6) is -0.436. The largest absolute Gasteiger partial charge is 0.442 e. The summed E-state index contributed by atoms with van der Waals surface area (Å²) in [5, 5.41) is 0. The van der Waals surface area contributed by atoms with Crippen molar-refractivity contribution in [1.29, 1.82) is 0 Å². The second kappa shape index (κ2) is 4.79. The van der Waals surface area contributed by atoms with Gasteiger partial charge in [-0.2, -0.15) is 0 Å². The smallest absolute Gasteiger partial charge is 0.405 e. The molecule has 3 nitrogen and oxygen atoms in total. The van der Waals surface area contributed by atoms with Gasteiger partial charge in [0.1, 0.15) is 11.9 Å². The highest BCUT2D eigenvalue weighted by Gasteiger charge is 2.14. The van der Waals surface area contributed by atoms with E-state index in [1.807, 2.05) is 0 Å². The van der Waals surface area contributed by atoms with Gasteiger partial charge in [0.2, 0.25) is 0 Å². The summed E-state index contributed by atoms with van der Waals surface area (Å²) in [4.78, 5) is 10.5. The highest BCUT2D eigenvalue weighted by Crippen LogP contribution is 2.23. The summed E-state index contributed by atoms with van der Waals surface area (Å²) in [6, 6.07) is 4.65. The Morgan fingerprint density at radius 2 is 2.19 bits per heavy atom. The first-order valence-electron chi connectivity index (χ1n) is 4.83. The Kier molecular flexibility index (Phi) is 3.66. The molecule has 0 saturated heterocycles. The maximum Gasteiger partial charge on any atom is 0.405 e. The van der Waals surface area contributed by atoms with E-state index in [0.717, 1.165) is 5.57 Å². The van der Waals surface area contributed by atoms with E-state index in [1.54, 1.807) is 26.0 Å². The fourth-order valence-corrected chi connectivity index (χ4v) is 1.36. The van der Waals surface area contributed by atoms with E-state index < -0.39 is 18.0 Å². The Labute approximate surface area is 93.7 Å². The lowest BCUT2D eigenvalue weighted by molar-refractivity contribution is 0.114. The topological polar surface area (TPSA) is 52.3 Å². The van der Waals surface area contributed by atoms with Gasteiger partial charge in [-0.25, -0.2) is 9.18 Å². The molecule has 0 aliphatic heterocycles. The van der Waals surface area contributed by atoms with E-state index in [2.05, 4.69) is 6.58 Å². The zero-order valence-corrected chi connectivity index (χ0v) is 9.29. The number of carbonyl (C=O) groups excluding carboxylic acids is 1. The third-order valence-electron chi connectivity index (χ3n) is 2.22. The molecule has 1 aromatic carbocycles. The fourth-order valence-electron chi connectivity index (χ4n) is 1.36. The SMILES string of the molecule is C=C(C)c1ccc(C(C)OC(N)=O)c(F)c1. The van der Waals surface area contributed by atoms with E-state index in [9.17, 15) is 9.18 Å². The van der Waals surface area contributed by atoms with Gasteiger partial charge in [-0.15, -0.1) is 0 Å². The summed E-state index contributed by atoms with van der Waals surface area (Å²) >= 11 is 0. The van der Waals surface area contributed by atoms with Gasteiger partial charge in [0.15, 0.2) is 0 Å². The van der Waals surface area contributed by atoms with Gasteiger partial charge in [0, 0.05) is 5.56 Å². The molecule has 16 heavy (non-hydrogen) atoms. The van der Waals surface area contributed by atoms with Gasteiger partial charge < -0.3 is 10.5 Å². The van der Waals surface area contributed by atoms with Crippen LogP contribution >= 0.6 is 0 Å². The number of primary amides is 1. The van der Waals surface area contributed by atoms with Crippen molar-refractivity contribution in [3.8, 4) is 0 Å². The predicted molar refractivity (Wildman–Crippen MR) is 60.2 cm³/mol. The lowest BCUT2D eigenvalue weighted by atomic mass is 10.0. The molecule has 1 aromatic rings. The zero-order chi connectivity index (χ0) is 12.3. The van der Waals surface area contributed by atoms with Crippen LogP contribution in [0, 0.1) is 5.82 Å². The third-order valence-corrected chi connectivity index (χ3v) is 2.22. The van der Waals surface area contributed by atoms with Crippen LogP contribution in [-0.4, -0.2) is 6.09 Å². The fraction of sp³-hybridized carbons (Fsp3) is 0.250. The van der Waals surface area contributed by atoms with Gasteiger partial charge in [-0.1, -0.05) is 24.3 Å². The Balaban J connectivity index is 2.98. The zero-order valence-electron chi connectivity index (χ0n) is 9.29. The first kappa shape index (κ1) is 12.2. The van der Waals surface area contributed by atoms with Crippen LogP contribution in [0.15, 0.2) is 24.8 Å². The molecule has 86 valence electrons. The highest BCUT2D eigenvalue weighted by molar-refractivity contribution is 5.65. The maximum atomic E-state index is 13.6.